The SMILES string of the molecule is C=C(C)[C@@H]1c2ncc(C(=O)NCc3ccc(S(=O)(=O)CC)cc3)cc2CCN1C(=O)OC(C)(C)C. The van der Waals surface area contributed by atoms with Crippen LogP contribution in [-0.4, -0.2) is 48.2 Å². The number of rotatable bonds is 6. The lowest BCUT2D eigenvalue weighted by molar-refractivity contribution is 0.0170. The Morgan fingerprint density at radius 1 is 1.23 bits per heavy atom. The molecule has 0 saturated heterocycles. The van der Waals surface area contributed by atoms with Crippen LogP contribution in [0.1, 0.15) is 67.8 Å². The number of pyridine rings is 1. The predicted octanol–water partition coefficient (Wildman–Crippen LogP) is 4.22. The molecule has 3 rings (SSSR count). The lowest BCUT2D eigenvalue weighted by atomic mass is 9.93. The number of sulfone groups is 1. The number of nitrogens with one attached hydrogen (secondary N) is 1. The minimum absolute atomic E-state index is 0.0379. The van der Waals surface area contributed by atoms with Crippen LogP contribution in [0.2, 0.25) is 0 Å². The molecule has 1 aliphatic heterocycles. The van der Waals surface area contributed by atoms with Crippen molar-refractivity contribution in [3.63, 3.8) is 0 Å². The third-order valence-electron chi connectivity index (χ3n) is 5.67. The molecule has 2 amide bonds. The first-order valence-electron chi connectivity index (χ1n) is 11.6. The van der Waals surface area contributed by atoms with Gasteiger partial charge in [-0.2, -0.15) is 0 Å². The van der Waals surface area contributed by atoms with Crippen molar-refractivity contribution < 1.29 is 22.7 Å². The van der Waals surface area contributed by atoms with Crippen molar-refractivity contribution in [2.24, 2.45) is 0 Å². The van der Waals surface area contributed by atoms with Gasteiger partial charge in [0.1, 0.15) is 5.60 Å². The average molecular weight is 500 g/mol. The third-order valence-corrected chi connectivity index (χ3v) is 7.42. The predicted molar refractivity (Wildman–Crippen MR) is 134 cm³/mol. The van der Waals surface area contributed by atoms with Gasteiger partial charge in [-0.25, -0.2) is 13.2 Å². The maximum atomic E-state index is 12.8. The summed E-state index contributed by atoms with van der Waals surface area (Å²) < 4.78 is 29.5. The highest BCUT2D eigenvalue weighted by molar-refractivity contribution is 7.91. The maximum Gasteiger partial charge on any atom is 0.411 e. The van der Waals surface area contributed by atoms with Crippen LogP contribution in [0.3, 0.4) is 0 Å². The van der Waals surface area contributed by atoms with Crippen LogP contribution in [0.4, 0.5) is 4.79 Å². The summed E-state index contributed by atoms with van der Waals surface area (Å²) in [4.78, 5) is 32.0. The lowest BCUT2D eigenvalue weighted by Gasteiger charge is -2.37. The molecule has 1 aromatic carbocycles. The summed E-state index contributed by atoms with van der Waals surface area (Å²) in [5.74, 6) is -0.247. The normalized spacial score (nSPS) is 15.8. The standard InChI is InChI=1S/C26H33N3O5S/c1-7-35(32,33)21-10-8-18(9-11-21)15-28-24(30)20-14-19-12-13-29(25(31)34-26(4,5)6)23(17(2)3)22(19)27-16-20/h8-11,14,16,23H,2,7,12-13,15H2,1,3-6H3,(H,28,30)/t23-/m1/s1. The molecule has 0 saturated carbocycles. The molecule has 0 fully saturated rings. The smallest absolute Gasteiger partial charge is 0.411 e. The summed E-state index contributed by atoms with van der Waals surface area (Å²) >= 11 is 0. The first-order valence-corrected chi connectivity index (χ1v) is 13.2. The summed E-state index contributed by atoms with van der Waals surface area (Å²) in [6, 6.07) is 7.86. The van der Waals surface area contributed by atoms with Gasteiger partial charge in [-0.1, -0.05) is 31.2 Å². The van der Waals surface area contributed by atoms with Crippen LogP contribution in [0.25, 0.3) is 0 Å². The second-order valence-corrected chi connectivity index (χ2v) is 11.9. The Hall–Kier alpha value is -3.20. The van der Waals surface area contributed by atoms with E-state index < -0.39 is 27.6 Å². The van der Waals surface area contributed by atoms with E-state index >= 15 is 0 Å². The molecule has 1 aliphatic rings. The fraction of sp³-hybridized carbons (Fsp3) is 0.423. The number of benzene rings is 1. The van der Waals surface area contributed by atoms with Gasteiger partial charge in [0, 0.05) is 19.3 Å². The van der Waals surface area contributed by atoms with Crippen molar-refractivity contribution in [1.29, 1.82) is 0 Å². The van der Waals surface area contributed by atoms with E-state index in [4.69, 9.17) is 4.74 Å². The topological polar surface area (TPSA) is 106 Å². The number of hydrogen-bond donors (Lipinski definition) is 1. The van der Waals surface area contributed by atoms with Crippen LogP contribution in [-0.2, 0) is 27.5 Å². The van der Waals surface area contributed by atoms with Crippen LogP contribution < -0.4 is 5.32 Å². The van der Waals surface area contributed by atoms with Gasteiger partial charge >= 0.3 is 6.09 Å². The Labute approximate surface area is 207 Å². The van der Waals surface area contributed by atoms with E-state index in [1.54, 1.807) is 42.2 Å². The highest BCUT2D eigenvalue weighted by atomic mass is 32.2. The van der Waals surface area contributed by atoms with Crippen LogP contribution in [0, 0.1) is 0 Å². The summed E-state index contributed by atoms with van der Waals surface area (Å²) in [7, 11) is -3.26. The molecule has 1 N–H and O–H groups in total. The Morgan fingerprint density at radius 3 is 2.46 bits per heavy atom. The number of hydrogen-bond acceptors (Lipinski definition) is 6. The van der Waals surface area contributed by atoms with E-state index in [0.717, 1.165) is 16.7 Å². The van der Waals surface area contributed by atoms with Gasteiger partial charge in [0.05, 0.1) is 27.9 Å². The zero-order valence-corrected chi connectivity index (χ0v) is 21.7. The number of fused-ring (bicyclic) bond motifs is 1. The monoisotopic (exact) mass is 499 g/mol. The molecule has 2 aromatic rings. The van der Waals surface area contributed by atoms with Crippen molar-refractivity contribution >= 4 is 21.8 Å². The molecular formula is C26H33N3O5S. The van der Waals surface area contributed by atoms with Crippen molar-refractivity contribution in [2.75, 3.05) is 12.3 Å². The van der Waals surface area contributed by atoms with Gasteiger partial charge in [-0.05, 0) is 63.4 Å². The van der Waals surface area contributed by atoms with Crippen LogP contribution in [0.5, 0.6) is 0 Å². The molecule has 0 bridgehead atoms. The van der Waals surface area contributed by atoms with E-state index in [2.05, 4.69) is 16.9 Å². The van der Waals surface area contributed by atoms with Crippen LogP contribution in [0.15, 0.2) is 53.6 Å². The molecule has 8 nitrogen and oxygen atoms in total. The Kier molecular flexibility index (Phi) is 7.69. The summed E-state index contributed by atoms with van der Waals surface area (Å²) in [5, 5.41) is 2.85. The molecule has 0 unspecified atom stereocenters. The first kappa shape index (κ1) is 26.4. The van der Waals surface area contributed by atoms with Gasteiger partial charge in [0.2, 0.25) is 0 Å². The van der Waals surface area contributed by atoms with Crippen LogP contribution >= 0.6 is 0 Å². The molecule has 188 valence electrons. The Bertz CT molecular complexity index is 1230. The van der Waals surface area contributed by atoms with Crippen molar-refractivity contribution in [3.05, 3.63) is 71.1 Å². The lowest BCUT2D eigenvalue weighted by Crippen LogP contribution is -2.43. The van der Waals surface area contributed by atoms with Gasteiger partial charge in [-0.15, -0.1) is 0 Å². The van der Waals surface area contributed by atoms with Gasteiger partial charge in [0.25, 0.3) is 5.91 Å². The van der Waals surface area contributed by atoms with Gasteiger partial charge in [-0.3, -0.25) is 14.7 Å². The minimum Gasteiger partial charge on any atom is -0.444 e. The number of carbonyl (C=O) groups excluding carboxylic acids is 2. The summed E-state index contributed by atoms with van der Waals surface area (Å²) in [6.45, 7) is 13.6. The van der Waals surface area contributed by atoms with Crippen molar-refractivity contribution in [1.82, 2.24) is 15.2 Å². The van der Waals surface area contributed by atoms with E-state index in [1.807, 2.05) is 27.7 Å². The summed E-state index contributed by atoms with van der Waals surface area (Å²) in [6.07, 6.45) is 1.62. The number of ether oxygens (including phenoxy) is 1. The molecule has 35 heavy (non-hydrogen) atoms. The molecule has 1 aromatic heterocycles. The number of nitrogens with zero attached hydrogens (tertiary/aromatic N) is 2. The first-order chi connectivity index (χ1) is 16.3. The zero-order chi connectivity index (χ0) is 26.0. The molecule has 0 spiro atoms. The molecule has 9 heteroatoms. The Morgan fingerprint density at radius 2 is 1.89 bits per heavy atom. The van der Waals surface area contributed by atoms with Gasteiger partial charge in [0.15, 0.2) is 9.84 Å². The zero-order valence-electron chi connectivity index (χ0n) is 20.9. The second kappa shape index (κ2) is 10.2. The highest BCUT2D eigenvalue weighted by Crippen LogP contribution is 2.34. The van der Waals surface area contributed by atoms with E-state index in [9.17, 15) is 18.0 Å². The molecular weight excluding hydrogens is 466 g/mol. The summed E-state index contributed by atoms with van der Waals surface area (Å²) in [5.41, 5.74) is 2.93. The molecule has 2 heterocycles. The Balaban J connectivity index is 1.73. The quantitative estimate of drug-likeness (QED) is 0.597. The van der Waals surface area contributed by atoms with Crippen molar-refractivity contribution in [2.45, 2.75) is 64.1 Å². The van der Waals surface area contributed by atoms with E-state index in [1.165, 1.54) is 6.20 Å². The number of amides is 2. The molecule has 0 aliphatic carbocycles. The fourth-order valence-electron chi connectivity index (χ4n) is 3.89. The maximum absolute atomic E-state index is 12.8. The van der Waals surface area contributed by atoms with Crippen molar-refractivity contribution in [3.8, 4) is 0 Å². The van der Waals surface area contributed by atoms with E-state index in [0.29, 0.717) is 24.2 Å². The fourth-order valence-corrected chi connectivity index (χ4v) is 4.78. The minimum atomic E-state index is -3.26. The van der Waals surface area contributed by atoms with Gasteiger partial charge < -0.3 is 10.1 Å². The number of aromatic nitrogens is 1. The molecule has 1 atom stereocenters. The molecule has 0 radical (unpaired) electrons. The van der Waals surface area contributed by atoms with E-state index in [-0.39, 0.29) is 23.1 Å². The largest absolute Gasteiger partial charge is 0.444 e. The average Bonchev–Trinajstić information content (AvgIpc) is 2.80. The number of carbonyl (C=O) groups is 2. The third kappa shape index (κ3) is 6.28. The second-order valence-electron chi connectivity index (χ2n) is 9.67. The highest BCUT2D eigenvalue weighted by Gasteiger charge is 2.35.